The lowest BCUT2D eigenvalue weighted by atomic mass is 9.92. The number of nitrogens with two attached hydrogens (primary N) is 1. The van der Waals surface area contributed by atoms with Crippen LogP contribution in [0.25, 0.3) is 0 Å². The number of benzene rings is 1. The minimum atomic E-state index is -0.430. The predicted molar refractivity (Wildman–Crippen MR) is 88.2 cm³/mol. The van der Waals surface area contributed by atoms with Crippen molar-refractivity contribution in [3.8, 4) is 0 Å². The van der Waals surface area contributed by atoms with Gasteiger partial charge in [-0.25, -0.2) is 4.39 Å². The molecule has 1 aliphatic heterocycles. The summed E-state index contributed by atoms with van der Waals surface area (Å²) in [5.74, 6) is -1.27. The molecule has 0 saturated carbocycles. The number of carbonyl (C=O) groups is 1. The average Bonchev–Trinajstić information content (AvgIpc) is 2.55. The van der Waals surface area contributed by atoms with E-state index >= 15 is 0 Å². The molecule has 0 bridgehead atoms. The minimum absolute atomic E-state index is 0.0127. The molecule has 2 rings (SSSR count). The first kappa shape index (κ1) is 17.2. The Balaban J connectivity index is 2.02. The summed E-state index contributed by atoms with van der Waals surface area (Å²) in [4.78, 5) is 14.1. The van der Waals surface area contributed by atoms with Crippen molar-refractivity contribution in [3.63, 3.8) is 0 Å². The molecule has 0 unspecified atom stereocenters. The Bertz CT molecular complexity index is 644. The van der Waals surface area contributed by atoms with E-state index in [0.717, 1.165) is 0 Å². The molecule has 5 N–H and O–H groups in total. The van der Waals surface area contributed by atoms with Gasteiger partial charge in [0, 0.05) is 24.7 Å². The van der Waals surface area contributed by atoms with E-state index in [0.29, 0.717) is 31.6 Å². The van der Waals surface area contributed by atoms with Gasteiger partial charge in [0.1, 0.15) is 5.82 Å². The molecule has 23 heavy (non-hydrogen) atoms. The average molecular weight is 386 g/mol. The molecule has 1 fully saturated rings. The molecule has 1 aromatic carbocycles. The van der Waals surface area contributed by atoms with E-state index in [1.807, 2.05) is 0 Å². The SMILES string of the molecule is N=C(N)N1CCC(C(=O)/C(=N/O)Nc2ccc(F)c(Br)c2)CC1. The van der Waals surface area contributed by atoms with Crippen LogP contribution in [0.15, 0.2) is 27.8 Å². The van der Waals surface area contributed by atoms with Gasteiger partial charge in [-0.2, -0.15) is 0 Å². The fourth-order valence-electron chi connectivity index (χ4n) is 2.42. The Morgan fingerprint density at radius 2 is 2.13 bits per heavy atom. The van der Waals surface area contributed by atoms with Gasteiger partial charge in [0.25, 0.3) is 0 Å². The van der Waals surface area contributed by atoms with Crippen molar-refractivity contribution >= 4 is 39.2 Å². The number of amidine groups is 1. The number of nitrogens with zero attached hydrogens (tertiary/aromatic N) is 2. The van der Waals surface area contributed by atoms with E-state index in [4.69, 9.17) is 16.4 Å². The summed E-state index contributed by atoms with van der Waals surface area (Å²) >= 11 is 3.05. The number of hydrogen-bond acceptors (Lipinski definition) is 4. The second-order valence-corrected chi connectivity index (χ2v) is 6.07. The van der Waals surface area contributed by atoms with Crippen molar-refractivity contribution in [2.45, 2.75) is 12.8 Å². The molecule has 9 heteroatoms. The topological polar surface area (TPSA) is 115 Å². The highest BCUT2D eigenvalue weighted by atomic mass is 79.9. The van der Waals surface area contributed by atoms with Crippen LogP contribution in [0, 0.1) is 17.1 Å². The number of Topliss-reactive ketones (excluding diaryl/α,β-unsaturated/α-hetero) is 1. The molecule has 1 heterocycles. The second kappa shape index (κ2) is 7.40. The maximum absolute atomic E-state index is 13.2. The molecule has 1 aliphatic rings. The molecular weight excluding hydrogens is 369 g/mol. The highest BCUT2D eigenvalue weighted by Gasteiger charge is 2.29. The summed E-state index contributed by atoms with van der Waals surface area (Å²) in [6, 6.07) is 4.13. The monoisotopic (exact) mass is 385 g/mol. The van der Waals surface area contributed by atoms with Crippen LogP contribution in [-0.4, -0.2) is 40.8 Å². The number of likely N-dealkylation sites (tertiary alicyclic amines) is 1. The zero-order valence-corrected chi connectivity index (χ0v) is 13.8. The van der Waals surface area contributed by atoms with Gasteiger partial charge in [0.05, 0.1) is 4.47 Å². The smallest absolute Gasteiger partial charge is 0.213 e. The fourth-order valence-corrected chi connectivity index (χ4v) is 2.80. The number of halogens is 2. The number of rotatable bonds is 3. The molecule has 0 aromatic heterocycles. The molecule has 0 spiro atoms. The Morgan fingerprint density at radius 3 is 2.65 bits per heavy atom. The number of anilines is 1. The minimum Gasteiger partial charge on any atom is -0.409 e. The van der Waals surface area contributed by atoms with Crippen molar-refractivity contribution in [2.75, 3.05) is 18.4 Å². The van der Waals surface area contributed by atoms with Gasteiger partial charge in [-0.15, -0.1) is 0 Å². The molecule has 0 aliphatic carbocycles. The third-order valence-corrected chi connectivity index (χ3v) is 4.33. The van der Waals surface area contributed by atoms with Crippen molar-refractivity contribution in [3.05, 3.63) is 28.5 Å². The maximum atomic E-state index is 13.2. The molecule has 7 nitrogen and oxygen atoms in total. The quantitative estimate of drug-likeness (QED) is 0.274. The zero-order valence-electron chi connectivity index (χ0n) is 12.2. The molecular formula is C14H17BrFN5O2. The fraction of sp³-hybridized carbons (Fsp3) is 0.357. The van der Waals surface area contributed by atoms with Gasteiger partial charge < -0.3 is 21.2 Å². The van der Waals surface area contributed by atoms with Crippen LogP contribution in [-0.2, 0) is 4.79 Å². The van der Waals surface area contributed by atoms with Crippen molar-refractivity contribution in [2.24, 2.45) is 16.8 Å². The Kier molecular flexibility index (Phi) is 5.54. The molecule has 0 atom stereocenters. The normalized spacial score (nSPS) is 16.3. The standard InChI is InChI=1S/C14H17BrFN5O2/c15-10-7-9(1-2-11(10)16)19-13(20-23)12(22)8-3-5-21(6-4-8)14(17)18/h1-2,7-8,23H,3-6H2,(H3,17,18)(H,19,20). The lowest BCUT2D eigenvalue weighted by molar-refractivity contribution is -0.117. The van der Waals surface area contributed by atoms with E-state index in [2.05, 4.69) is 26.4 Å². The first-order chi connectivity index (χ1) is 10.9. The molecule has 0 amide bonds. The lowest BCUT2D eigenvalue weighted by Gasteiger charge is -2.31. The number of guanidine groups is 1. The van der Waals surface area contributed by atoms with Gasteiger partial charge >= 0.3 is 0 Å². The molecule has 1 aromatic rings. The van der Waals surface area contributed by atoms with Crippen LogP contribution in [0.3, 0.4) is 0 Å². The Morgan fingerprint density at radius 1 is 1.48 bits per heavy atom. The van der Waals surface area contributed by atoms with Gasteiger partial charge in [0.15, 0.2) is 5.96 Å². The maximum Gasteiger partial charge on any atom is 0.213 e. The van der Waals surface area contributed by atoms with Crippen molar-refractivity contribution < 1.29 is 14.4 Å². The highest BCUT2D eigenvalue weighted by molar-refractivity contribution is 9.10. The number of nitrogens with one attached hydrogen (secondary N) is 2. The van der Waals surface area contributed by atoms with Crippen LogP contribution in [0.5, 0.6) is 0 Å². The third kappa shape index (κ3) is 4.19. The van der Waals surface area contributed by atoms with Crippen LogP contribution in [0.1, 0.15) is 12.8 Å². The first-order valence-corrected chi connectivity index (χ1v) is 7.79. The summed E-state index contributed by atoms with van der Waals surface area (Å²) in [6.07, 6.45) is 1.04. The zero-order chi connectivity index (χ0) is 17.0. The molecule has 1 saturated heterocycles. The number of oxime groups is 1. The van der Waals surface area contributed by atoms with E-state index in [-0.39, 0.29) is 28.0 Å². The van der Waals surface area contributed by atoms with E-state index < -0.39 is 5.82 Å². The molecule has 124 valence electrons. The third-order valence-electron chi connectivity index (χ3n) is 3.72. The number of piperidine rings is 1. The van der Waals surface area contributed by atoms with Gasteiger partial charge in [-0.3, -0.25) is 10.2 Å². The summed E-state index contributed by atoms with van der Waals surface area (Å²) in [5.41, 5.74) is 5.85. The van der Waals surface area contributed by atoms with Gasteiger partial charge in [0.2, 0.25) is 11.6 Å². The summed E-state index contributed by atoms with van der Waals surface area (Å²) < 4.78 is 13.5. The van der Waals surface area contributed by atoms with E-state index in [9.17, 15) is 9.18 Å². The second-order valence-electron chi connectivity index (χ2n) is 5.21. The number of ketones is 1. The van der Waals surface area contributed by atoms with E-state index in [1.165, 1.54) is 18.2 Å². The number of carbonyl (C=O) groups excluding carboxylic acids is 1. The summed E-state index contributed by atoms with van der Waals surface area (Å²) in [7, 11) is 0. The van der Waals surface area contributed by atoms with Crippen molar-refractivity contribution in [1.29, 1.82) is 5.41 Å². The summed E-state index contributed by atoms with van der Waals surface area (Å²) in [6.45, 7) is 1.01. The van der Waals surface area contributed by atoms with Crippen LogP contribution in [0.4, 0.5) is 10.1 Å². The van der Waals surface area contributed by atoms with Crippen LogP contribution >= 0.6 is 15.9 Å². The predicted octanol–water partition coefficient (Wildman–Crippen LogP) is 1.96. The highest BCUT2D eigenvalue weighted by Crippen LogP contribution is 2.22. The lowest BCUT2D eigenvalue weighted by Crippen LogP contribution is -2.45. The Labute approximate surface area is 141 Å². The first-order valence-electron chi connectivity index (χ1n) is 6.99. The van der Waals surface area contributed by atoms with E-state index in [1.54, 1.807) is 4.90 Å². The molecule has 0 radical (unpaired) electrons. The van der Waals surface area contributed by atoms with Crippen LogP contribution < -0.4 is 11.1 Å². The Hall–Kier alpha value is -2.16. The van der Waals surface area contributed by atoms with Crippen molar-refractivity contribution in [1.82, 2.24) is 4.90 Å². The largest absolute Gasteiger partial charge is 0.409 e. The van der Waals surface area contributed by atoms with Gasteiger partial charge in [-0.05, 0) is 47.0 Å². The van der Waals surface area contributed by atoms with Crippen LogP contribution in [0.2, 0.25) is 0 Å². The van der Waals surface area contributed by atoms with Gasteiger partial charge in [-0.1, -0.05) is 5.16 Å². The number of hydrogen-bond donors (Lipinski definition) is 4. The summed E-state index contributed by atoms with van der Waals surface area (Å²) in [5, 5.41) is 22.2.